The normalized spacial score (nSPS) is 10.7. The summed E-state index contributed by atoms with van der Waals surface area (Å²) in [5, 5.41) is 0.478. The molecule has 0 heterocycles. The average Bonchev–Trinajstić information content (AvgIpc) is 2.36. The van der Waals surface area contributed by atoms with E-state index in [-0.39, 0.29) is 4.90 Å². The third-order valence-corrected chi connectivity index (χ3v) is 3.88. The van der Waals surface area contributed by atoms with Gasteiger partial charge in [0.2, 0.25) is 0 Å². The highest BCUT2D eigenvalue weighted by molar-refractivity contribution is 7.99. The molecule has 0 spiro atoms. The molecule has 94 valence electrons. The van der Waals surface area contributed by atoms with E-state index >= 15 is 0 Å². The van der Waals surface area contributed by atoms with E-state index in [0.717, 1.165) is 35.5 Å². The number of rotatable bonds is 3. The van der Waals surface area contributed by atoms with Crippen molar-refractivity contribution >= 4 is 23.4 Å². The van der Waals surface area contributed by atoms with Crippen molar-refractivity contribution in [1.29, 1.82) is 0 Å². The highest BCUT2D eigenvalue weighted by Gasteiger charge is 2.09. The van der Waals surface area contributed by atoms with E-state index in [4.69, 9.17) is 17.3 Å². The van der Waals surface area contributed by atoms with Crippen molar-refractivity contribution in [2.45, 2.75) is 16.3 Å². The van der Waals surface area contributed by atoms with Crippen LogP contribution in [0.25, 0.3) is 0 Å². The van der Waals surface area contributed by atoms with Gasteiger partial charge in [0, 0.05) is 11.4 Å². The zero-order chi connectivity index (χ0) is 13.1. The minimum Gasteiger partial charge on any atom is -0.326 e. The molecule has 2 N–H and O–H groups in total. The standard InChI is InChI=1S/C13H10ClF2NS/c14-10-5-8(7-17)1-4-12(10)18-13-6-9(15)2-3-11(13)16/h1-6H,7,17H2. The van der Waals surface area contributed by atoms with Crippen molar-refractivity contribution in [1.82, 2.24) is 0 Å². The topological polar surface area (TPSA) is 26.0 Å². The average molecular weight is 286 g/mol. The fourth-order valence-electron chi connectivity index (χ4n) is 1.43. The molecule has 0 bridgehead atoms. The van der Waals surface area contributed by atoms with E-state index in [1.54, 1.807) is 12.1 Å². The second-order valence-electron chi connectivity index (χ2n) is 3.65. The zero-order valence-electron chi connectivity index (χ0n) is 9.29. The molecular formula is C13H10ClF2NS. The van der Waals surface area contributed by atoms with Crippen LogP contribution < -0.4 is 5.73 Å². The van der Waals surface area contributed by atoms with Crippen molar-refractivity contribution in [3.63, 3.8) is 0 Å². The van der Waals surface area contributed by atoms with Gasteiger partial charge in [-0.2, -0.15) is 0 Å². The summed E-state index contributed by atoms with van der Waals surface area (Å²) in [7, 11) is 0. The van der Waals surface area contributed by atoms with Gasteiger partial charge in [-0.15, -0.1) is 0 Å². The molecule has 1 nitrogen and oxygen atoms in total. The third-order valence-electron chi connectivity index (χ3n) is 2.35. The van der Waals surface area contributed by atoms with E-state index in [9.17, 15) is 8.78 Å². The molecule has 5 heteroatoms. The molecule has 2 aromatic carbocycles. The number of benzene rings is 2. The van der Waals surface area contributed by atoms with Crippen LogP contribution in [0.3, 0.4) is 0 Å². The van der Waals surface area contributed by atoms with Gasteiger partial charge >= 0.3 is 0 Å². The maximum atomic E-state index is 13.5. The molecule has 0 aliphatic rings. The molecule has 2 aromatic rings. The van der Waals surface area contributed by atoms with Crippen LogP contribution in [0.2, 0.25) is 5.02 Å². The Morgan fingerprint density at radius 1 is 1.06 bits per heavy atom. The van der Waals surface area contributed by atoms with Crippen LogP contribution in [0.15, 0.2) is 46.2 Å². The molecule has 0 aliphatic heterocycles. The molecule has 0 aromatic heterocycles. The zero-order valence-corrected chi connectivity index (χ0v) is 10.9. The Bertz CT molecular complexity index is 575. The molecule has 0 unspecified atom stereocenters. The second kappa shape index (κ2) is 5.69. The molecule has 0 aliphatic carbocycles. The molecule has 0 saturated carbocycles. The van der Waals surface area contributed by atoms with Crippen LogP contribution >= 0.6 is 23.4 Å². The Kier molecular flexibility index (Phi) is 4.22. The Morgan fingerprint density at radius 2 is 1.83 bits per heavy atom. The lowest BCUT2D eigenvalue weighted by atomic mass is 10.2. The summed E-state index contributed by atoms with van der Waals surface area (Å²) in [4.78, 5) is 0.871. The highest BCUT2D eigenvalue weighted by atomic mass is 35.5. The van der Waals surface area contributed by atoms with E-state index in [2.05, 4.69) is 0 Å². The first kappa shape index (κ1) is 13.3. The van der Waals surface area contributed by atoms with Gasteiger partial charge in [-0.25, -0.2) is 8.78 Å². The molecular weight excluding hydrogens is 276 g/mol. The van der Waals surface area contributed by atoms with Crippen LogP contribution in [0.4, 0.5) is 8.78 Å². The van der Waals surface area contributed by atoms with Gasteiger partial charge in [-0.3, -0.25) is 0 Å². The lowest BCUT2D eigenvalue weighted by Crippen LogP contribution is -1.95. The van der Waals surface area contributed by atoms with Crippen molar-refractivity contribution < 1.29 is 8.78 Å². The van der Waals surface area contributed by atoms with Crippen molar-refractivity contribution in [2.24, 2.45) is 5.73 Å². The van der Waals surface area contributed by atoms with Gasteiger partial charge in [0.1, 0.15) is 11.6 Å². The predicted molar refractivity (Wildman–Crippen MR) is 69.8 cm³/mol. The van der Waals surface area contributed by atoms with Gasteiger partial charge in [-0.1, -0.05) is 29.4 Å². The molecule has 0 radical (unpaired) electrons. The largest absolute Gasteiger partial charge is 0.326 e. The molecule has 0 fully saturated rings. The Morgan fingerprint density at radius 3 is 2.50 bits per heavy atom. The fourth-order valence-corrected chi connectivity index (χ4v) is 2.61. The molecule has 0 amide bonds. The summed E-state index contributed by atoms with van der Waals surface area (Å²) in [6.45, 7) is 0.388. The van der Waals surface area contributed by atoms with Crippen molar-refractivity contribution in [3.8, 4) is 0 Å². The third kappa shape index (κ3) is 3.02. The molecule has 0 atom stereocenters. The van der Waals surface area contributed by atoms with Crippen LogP contribution in [0.5, 0.6) is 0 Å². The van der Waals surface area contributed by atoms with E-state index in [1.807, 2.05) is 6.07 Å². The van der Waals surface area contributed by atoms with Crippen molar-refractivity contribution in [3.05, 3.63) is 58.6 Å². The van der Waals surface area contributed by atoms with E-state index in [1.165, 1.54) is 0 Å². The summed E-state index contributed by atoms with van der Waals surface area (Å²) in [6, 6.07) is 8.61. The number of hydrogen-bond donors (Lipinski definition) is 1. The number of nitrogens with two attached hydrogens (primary N) is 1. The Hall–Kier alpha value is -1.10. The number of hydrogen-bond acceptors (Lipinski definition) is 2. The quantitative estimate of drug-likeness (QED) is 0.913. The molecule has 0 saturated heterocycles. The molecule has 2 rings (SSSR count). The summed E-state index contributed by atoms with van der Waals surface area (Å²) in [5.74, 6) is -0.950. The fraction of sp³-hybridized carbons (Fsp3) is 0.0769. The summed E-state index contributed by atoms with van der Waals surface area (Å²) >= 11 is 7.14. The summed E-state index contributed by atoms with van der Waals surface area (Å²) in [5.41, 5.74) is 6.38. The first-order valence-electron chi connectivity index (χ1n) is 5.21. The van der Waals surface area contributed by atoms with Gasteiger partial charge in [0.25, 0.3) is 0 Å². The second-order valence-corrected chi connectivity index (χ2v) is 5.14. The summed E-state index contributed by atoms with van der Waals surface area (Å²) in [6.07, 6.45) is 0. The summed E-state index contributed by atoms with van der Waals surface area (Å²) < 4.78 is 26.5. The lowest BCUT2D eigenvalue weighted by molar-refractivity contribution is 0.577. The van der Waals surface area contributed by atoms with Gasteiger partial charge in [0.15, 0.2) is 0 Å². The first-order chi connectivity index (χ1) is 8.60. The van der Waals surface area contributed by atoms with Crippen LogP contribution in [0, 0.1) is 11.6 Å². The minimum atomic E-state index is -0.478. The first-order valence-corrected chi connectivity index (χ1v) is 6.41. The van der Waals surface area contributed by atoms with Gasteiger partial charge in [-0.05, 0) is 35.9 Å². The SMILES string of the molecule is NCc1ccc(Sc2cc(F)ccc2F)c(Cl)c1. The molecule has 18 heavy (non-hydrogen) atoms. The van der Waals surface area contributed by atoms with Gasteiger partial charge in [0.05, 0.1) is 9.92 Å². The van der Waals surface area contributed by atoms with Crippen LogP contribution in [-0.4, -0.2) is 0 Å². The van der Waals surface area contributed by atoms with E-state index < -0.39 is 11.6 Å². The Labute approximate surface area is 113 Å². The number of halogens is 3. The van der Waals surface area contributed by atoms with E-state index in [0.29, 0.717) is 16.5 Å². The maximum Gasteiger partial charge on any atom is 0.137 e. The highest BCUT2D eigenvalue weighted by Crippen LogP contribution is 2.35. The monoisotopic (exact) mass is 285 g/mol. The lowest BCUT2D eigenvalue weighted by Gasteiger charge is -2.07. The van der Waals surface area contributed by atoms with Crippen LogP contribution in [-0.2, 0) is 6.54 Å². The van der Waals surface area contributed by atoms with Crippen LogP contribution in [0.1, 0.15) is 5.56 Å². The minimum absolute atomic E-state index is 0.206. The predicted octanol–water partition coefficient (Wildman–Crippen LogP) is 4.23. The Balaban J connectivity index is 2.31. The smallest absolute Gasteiger partial charge is 0.137 e. The van der Waals surface area contributed by atoms with Gasteiger partial charge < -0.3 is 5.73 Å². The maximum absolute atomic E-state index is 13.5. The van der Waals surface area contributed by atoms with Crippen molar-refractivity contribution in [2.75, 3.05) is 0 Å².